The number of benzene rings is 1. The van der Waals surface area contributed by atoms with Crippen LogP contribution in [0.25, 0.3) is 0 Å². The number of carbonyl (C=O) groups excluding carboxylic acids is 1. The van der Waals surface area contributed by atoms with Crippen LogP contribution >= 0.6 is 0 Å². The molecular formula is C18H22F2N4O. The maximum atomic E-state index is 13.7. The Morgan fingerprint density at radius 3 is 2.28 bits per heavy atom. The lowest BCUT2D eigenvalue weighted by Crippen LogP contribution is -2.28. The molecule has 0 aliphatic heterocycles. The number of para-hydroxylation sites is 1. The van der Waals surface area contributed by atoms with Gasteiger partial charge in [-0.15, -0.1) is 0 Å². The Morgan fingerprint density at radius 2 is 1.72 bits per heavy atom. The van der Waals surface area contributed by atoms with Crippen molar-refractivity contribution < 1.29 is 13.6 Å². The second-order valence-corrected chi connectivity index (χ2v) is 5.73. The standard InChI is InChI=1S/C18H22F2N4O/c1-4-9-24(10-5-2)18-21-12(3)11-15(22-18)17(25)23-16-13(19)7-6-8-14(16)20/h6-8,11H,4-5,9-10H2,1-3H3,(H,23,25). The highest BCUT2D eigenvalue weighted by Crippen LogP contribution is 2.19. The van der Waals surface area contributed by atoms with Crippen molar-refractivity contribution in [2.24, 2.45) is 0 Å². The van der Waals surface area contributed by atoms with Crippen molar-refractivity contribution in [1.29, 1.82) is 0 Å². The number of carbonyl (C=O) groups is 1. The molecule has 5 nitrogen and oxygen atoms in total. The molecule has 1 N–H and O–H groups in total. The Morgan fingerprint density at radius 1 is 1.12 bits per heavy atom. The summed E-state index contributed by atoms with van der Waals surface area (Å²) in [4.78, 5) is 23.1. The fourth-order valence-corrected chi connectivity index (χ4v) is 2.46. The molecule has 1 heterocycles. The van der Waals surface area contributed by atoms with Gasteiger partial charge in [-0.2, -0.15) is 0 Å². The number of amides is 1. The topological polar surface area (TPSA) is 58.1 Å². The average Bonchev–Trinajstić information content (AvgIpc) is 2.57. The molecule has 0 fully saturated rings. The maximum absolute atomic E-state index is 13.7. The van der Waals surface area contributed by atoms with Gasteiger partial charge in [0.25, 0.3) is 5.91 Å². The Labute approximate surface area is 146 Å². The number of anilines is 2. The molecule has 2 aromatic rings. The third kappa shape index (κ3) is 4.71. The molecule has 1 amide bonds. The minimum Gasteiger partial charge on any atom is -0.341 e. The van der Waals surface area contributed by atoms with Crippen molar-refractivity contribution in [3.05, 3.63) is 47.3 Å². The van der Waals surface area contributed by atoms with Gasteiger partial charge in [0.1, 0.15) is 23.0 Å². The average molecular weight is 348 g/mol. The first-order valence-electron chi connectivity index (χ1n) is 8.32. The van der Waals surface area contributed by atoms with E-state index in [2.05, 4.69) is 15.3 Å². The molecule has 1 aromatic carbocycles. The summed E-state index contributed by atoms with van der Waals surface area (Å²) in [6.07, 6.45) is 1.83. The molecule has 1 aromatic heterocycles. The van der Waals surface area contributed by atoms with Gasteiger partial charge in [-0.1, -0.05) is 19.9 Å². The summed E-state index contributed by atoms with van der Waals surface area (Å²) in [7, 11) is 0. The van der Waals surface area contributed by atoms with Crippen LogP contribution in [0.5, 0.6) is 0 Å². The molecule has 2 rings (SSSR count). The number of halogens is 2. The Kier molecular flexibility index (Phi) is 6.38. The summed E-state index contributed by atoms with van der Waals surface area (Å²) < 4.78 is 27.4. The van der Waals surface area contributed by atoms with Crippen LogP contribution in [0.1, 0.15) is 42.9 Å². The number of hydrogen-bond acceptors (Lipinski definition) is 4. The van der Waals surface area contributed by atoms with Gasteiger partial charge in [0, 0.05) is 18.8 Å². The second-order valence-electron chi connectivity index (χ2n) is 5.73. The Bertz CT molecular complexity index is 726. The summed E-state index contributed by atoms with van der Waals surface area (Å²) in [5.41, 5.74) is 0.202. The van der Waals surface area contributed by atoms with Crippen LogP contribution < -0.4 is 10.2 Å². The van der Waals surface area contributed by atoms with Crippen LogP contribution in [-0.4, -0.2) is 29.0 Å². The van der Waals surface area contributed by atoms with Gasteiger partial charge in [-0.25, -0.2) is 18.7 Å². The van der Waals surface area contributed by atoms with Gasteiger partial charge < -0.3 is 10.2 Å². The normalized spacial score (nSPS) is 10.6. The van der Waals surface area contributed by atoms with Crippen LogP contribution in [0.3, 0.4) is 0 Å². The van der Waals surface area contributed by atoms with E-state index >= 15 is 0 Å². The van der Waals surface area contributed by atoms with E-state index in [4.69, 9.17) is 0 Å². The molecule has 0 radical (unpaired) electrons. The van der Waals surface area contributed by atoms with Gasteiger partial charge in [-0.3, -0.25) is 4.79 Å². The zero-order valence-electron chi connectivity index (χ0n) is 14.6. The van der Waals surface area contributed by atoms with Gasteiger partial charge in [0.2, 0.25) is 5.95 Å². The fraction of sp³-hybridized carbons (Fsp3) is 0.389. The lowest BCUT2D eigenvalue weighted by molar-refractivity contribution is 0.102. The molecule has 0 unspecified atom stereocenters. The van der Waals surface area contributed by atoms with E-state index in [9.17, 15) is 13.6 Å². The zero-order valence-corrected chi connectivity index (χ0v) is 14.6. The summed E-state index contributed by atoms with van der Waals surface area (Å²) in [5, 5.41) is 2.25. The van der Waals surface area contributed by atoms with Crippen molar-refractivity contribution in [2.45, 2.75) is 33.6 Å². The first-order chi connectivity index (χ1) is 12.0. The third-order valence-electron chi connectivity index (χ3n) is 3.55. The summed E-state index contributed by atoms with van der Waals surface area (Å²) in [6, 6.07) is 4.90. The number of aryl methyl sites for hydroxylation is 1. The highest BCUT2D eigenvalue weighted by atomic mass is 19.1. The predicted molar refractivity (Wildman–Crippen MR) is 93.9 cm³/mol. The molecule has 0 bridgehead atoms. The van der Waals surface area contributed by atoms with Crippen LogP contribution in [-0.2, 0) is 0 Å². The van der Waals surface area contributed by atoms with Gasteiger partial charge in [0.05, 0.1) is 0 Å². The Balaban J connectivity index is 2.31. The number of rotatable bonds is 7. The molecule has 0 aliphatic rings. The number of hydrogen-bond donors (Lipinski definition) is 1. The quantitative estimate of drug-likeness (QED) is 0.823. The summed E-state index contributed by atoms with van der Waals surface area (Å²) >= 11 is 0. The van der Waals surface area contributed by atoms with Crippen LogP contribution in [0.15, 0.2) is 24.3 Å². The van der Waals surface area contributed by atoms with Crippen molar-refractivity contribution in [1.82, 2.24) is 9.97 Å². The van der Waals surface area contributed by atoms with Crippen molar-refractivity contribution in [2.75, 3.05) is 23.3 Å². The van der Waals surface area contributed by atoms with E-state index in [1.54, 1.807) is 6.92 Å². The van der Waals surface area contributed by atoms with Crippen molar-refractivity contribution >= 4 is 17.5 Å². The molecule has 0 atom stereocenters. The molecule has 25 heavy (non-hydrogen) atoms. The molecule has 0 saturated carbocycles. The molecule has 134 valence electrons. The van der Waals surface area contributed by atoms with E-state index in [1.807, 2.05) is 18.7 Å². The fourth-order valence-electron chi connectivity index (χ4n) is 2.46. The predicted octanol–water partition coefficient (Wildman–Crippen LogP) is 3.94. The molecule has 0 saturated heterocycles. The molecule has 0 spiro atoms. The lowest BCUT2D eigenvalue weighted by Gasteiger charge is -2.22. The Hall–Kier alpha value is -2.57. The van der Waals surface area contributed by atoms with Crippen LogP contribution in [0, 0.1) is 18.6 Å². The van der Waals surface area contributed by atoms with Crippen LogP contribution in [0.2, 0.25) is 0 Å². The SMILES string of the molecule is CCCN(CCC)c1nc(C)cc(C(=O)Nc2c(F)cccc2F)n1. The van der Waals surface area contributed by atoms with E-state index in [1.165, 1.54) is 12.1 Å². The smallest absolute Gasteiger partial charge is 0.274 e. The first kappa shape index (κ1) is 18.8. The van der Waals surface area contributed by atoms with E-state index in [0.717, 1.165) is 38.1 Å². The number of aromatic nitrogens is 2. The number of nitrogens with one attached hydrogen (secondary N) is 1. The molecule has 0 aliphatic carbocycles. The lowest BCUT2D eigenvalue weighted by atomic mass is 10.2. The van der Waals surface area contributed by atoms with Crippen LogP contribution in [0.4, 0.5) is 20.4 Å². The van der Waals surface area contributed by atoms with Gasteiger partial charge in [-0.05, 0) is 38.0 Å². The first-order valence-corrected chi connectivity index (χ1v) is 8.32. The highest BCUT2D eigenvalue weighted by molar-refractivity contribution is 6.03. The largest absolute Gasteiger partial charge is 0.341 e. The van der Waals surface area contributed by atoms with E-state index in [0.29, 0.717) is 11.6 Å². The maximum Gasteiger partial charge on any atom is 0.274 e. The van der Waals surface area contributed by atoms with E-state index < -0.39 is 23.2 Å². The minimum atomic E-state index is -0.835. The zero-order chi connectivity index (χ0) is 18.4. The van der Waals surface area contributed by atoms with Crippen molar-refractivity contribution in [3.8, 4) is 0 Å². The van der Waals surface area contributed by atoms with Gasteiger partial charge >= 0.3 is 0 Å². The highest BCUT2D eigenvalue weighted by Gasteiger charge is 2.17. The monoisotopic (exact) mass is 348 g/mol. The number of nitrogens with zero attached hydrogens (tertiary/aromatic N) is 3. The van der Waals surface area contributed by atoms with Gasteiger partial charge in [0.15, 0.2) is 0 Å². The van der Waals surface area contributed by atoms with E-state index in [-0.39, 0.29) is 5.69 Å². The summed E-state index contributed by atoms with van der Waals surface area (Å²) in [6.45, 7) is 7.38. The molecular weight excluding hydrogens is 326 g/mol. The molecule has 7 heteroatoms. The van der Waals surface area contributed by atoms with Crippen molar-refractivity contribution in [3.63, 3.8) is 0 Å². The summed E-state index contributed by atoms with van der Waals surface area (Å²) in [5.74, 6) is -1.90. The second kappa shape index (κ2) is 8.50. The third-order valence-corrected chi connectivity index (χ3v) is 3.55. The minimum absolute atomic E-state index is 0.0716.